The van der Waals surface area contributed by atoms with Crippen molar-refractivity contribution in [3.63, 3.8) is 0 Å². The normalized spacial score (nSPS) is 10.4. The molecule has 5 rings (SSSR count). The van der Waals surface area contributed by atoms with Gasteiger partial charge in [0.15, 0.2) is 11.6 Å². The van der Waals surface area contributed by atoms with Crippen LogP contribution in [0.25, 0.3) is 44.5 Å². The minimum absolute atomic E-state index is 0.0513. The van der Waals surface area contributed by atoms with E-state index in [-0.39, 0.29) is 27.8 Å². The van der Waals surface area contributed by atoms with Gasteiger partial charge in [0.05, 0.1) is 16.7 Å². The maximum atomic E-state index is 15.8. The Morgan fingerprint density at radius 2 is 0.778 bits per heavy atom. The molecule has 0 saturated carbocycles. The lowest BCUT2D eigenvalue weighted by molar-refractivity contribution is 0.586. The van der Waals surface area contributed by atoms with Crippen molar-refractivity contribution in [2.45, 2.75) is 0 Å². The van der Waals surface area contributed by atoms with Gasteiger partial charge in [-0.25, -0.2) is 8.78 Å². The molecule has 170 valence electrons. The van der Waals surface area contributed by atoms with E-state index in [9.17, 15) is 10.5 Å². The zero-order chi connectivity index (χ0) is 25.1. The topological polar surface area (TPSA) is 47.6 Å². The van der Waals surface area contributed by atoms with E-state index in [0.29, 0.717) is 5.56 Å². The van der Waals surface area contributed by atoms with Crippen LogP contribution in [0.1, 0.15) is 11.1 Å². The number of halogens is 2. The zero-order valence-electron chi connectivity index (χ0n) is 19.0. The number of nitriles is 2. The molecule has 0 saturated heterocycles. The van der Waals surface area contributed by atoms with Crippen LogP contribution in [0.15, 0.2) is 109 Å². The molecule has 0 aromatic heterocycles. The van der Waals surface area contributed by atoms with Gasteiger partial charge in [-0.1, -0.05) is 91.0 Å². The predicted molar refractivity (Wildman–Crippen MR) is 138 cm³/mol. The Labute approximate surface area is 208 Å². The highest BCUT2D eigenvalue weighted by molar-refractivity contribution is 5.88. The van der Waals surface area contributed by atoms with Gasteiger partial charge < -0.3 is 0 Å². The molecule has 0 fully saturated rings. The third kappa shape index (κ3) is 4.02. The highest BCUT2D eigenvalue weighted by atomic mass is 19.1. The lowest BCUT2D eigenvalue weighted by atomic mass is 9.86. The number of benzene rings is 5. The van der Waals surface area contributed by atoms with Crippen molar-refractivity contribution in [2.75, 3.05) is 0 Å². The number of rotatable bonds is 4. The molecule has 4 heteroatoms. The van der Waals surface area contributed by atoms with Crippen LogP contribution in [0, 0.1) is 34.3 Å². The van der Waals surface area contributed by atoms with Gasteiger partial charge in [0.25, 0.3) is 0 Å². The third-order valence-electron chi connectivity index (χ3n) is 6.10. The summed E-state index contributed by atoms with van der Waals surface area (Å²) in [5.74, 6) is -1.97. The number of hydrogen-bond acceptors (Lipinski definition) is 2. The Morgan fingerprint density at radius 3 is 1.17 bits per heavy atom. The molecule has 0 amide bonds. The summed E-state index contributed by atoms with van der Waals surface area (Å²) in [6, 6.07) is 36.6. The van der Waals surface area contributed by atoms with Gasteiger partial charge in [-0.15, -0.1) is 0 Å². The van der Waals surface area contributed by atoms with Crippen molar-refractivity contribution in [2.24, 2.45) is 0 Å². The lowest BCUT2D eigenvalue weighted by Gasteiger charge is -2.16. The molecule has 2 nitrogen and oxygen atoms in total. The van der Waals surface area contributed by atoms with Gasteiger partial charge in [-0.3, -0.25) is 0 Å². The van der Waals surface area contributed by atoms with Crippen molar-refractivity contribution in [1.82, 2.24) is 0 Å². The summed E-state index contributed by atoms with van der Waals surface area (Å²) in [5.41, 5.74) is 2.88. The SMILES string of the molecule is N#Cc1c(F)c(-c2ccccc2)c(F)c(C#N)c1-c1cc(-c2ccccc2)cc(-c2ccccc2)c1. The van der Waals surface area contributed by atoms with Gasteiger partial charge >= 0.3 is 0 Å². The second-order valence-electron chi connectivity index (χ2n) is 8.25. The maximum Gasteiger partial charge on any atom is 0.152 e. The fourth-order valence-electron chi connectivity index (χ4n) is 4.41. The molecule has 0 aliphatic rings. The van der Waals surface area contributed by atoms with Crippen molar-refractivity contribution >= 4 is 0 Å². The van der Waals surface area contributed by atoms with Crippen molar-refractivity contribution < 1.29 is 8.78 Å². The van der Waals surface area contributed by atoms with Gasteiger partial charge in [-0.2, -0.15) is 10.5 Å². The Hall–Kier alpha value is -5.06. The molecule has 36 heavy (non-hydrogen) atoms. The van der Waals surface area contributed by atoms with E-state index in [1.54, 1.807) is 42.5 Å². The van der Waals surface area contributed by atoms with Gasteiger partial charge in [0.2, 0.25) is 0 Å². The molecule has 0 bridgehead atoms. The van der Waals surface area contributed by atoms with Crippen LogP contribution in [0.2, 0.25) is 0 Å². The largest absolute Gasteiger partial charge is 0.205 e. The Morgan fingerprint density at radius 1 is 0.417 bits per heavy atom. The Bertz CT molecular complexity index is 1550. The standard InChI is InChI=1S/C32H18F2N2/c33-31-27(19-35)29(28(20-36)32(34)30(31)23-14-8-3-9-15-23)26-17-24(21-10-4-1-5-11-21)16-25(18-26)22-12-6-2-7-13-22/h1-18H. The fourth-order valence-corrected chi connectivity index (χ4v) is 4.41. The fraction of sp³-hybridized carbons (Fsp3) is 0. The van der Waals surface area contributed by atoms with E-state index < -0.39 is 11.6 Å². The van der Waals surface area contributed by atoms with Crippen LogP contribution in [0.5, 0.6) is 0 Å². The summed E-state index contributed by atoms with van der Waals surface area (Å²) >= 11 is 0. The first-order valence-electron chi connectivity index (χ1n) is 11.3. The van der Waals surface area contributed by atoms with Crippen LogP contribution >= 0.6 is 0 Å². The summed E-state index contributed by atoms with van der Waals surface area (Å²) < 4.78 is 31.5. The Balaban J connectivity index is 1.85. The average Bonchev–Trinajstić information content (AvgIpc) is 2.94. The highest BCUT2D eigenvalue weighted by Crippen LogP contribution is 2.40. The quantitative estimate of drug-likeness (QED) is 0.266. The van der Waals surface area contributed by atoms with Crippen molar-refractivity contribution in [1.29, 1.82) is 10.5 Å². The van der Waals surface area contributed by atoms with Crippen molar-refractivity contribution in [3.8, 4) is 56.6 Å². The summed E-state index contributed by atoms with van der Waals surface area (Å²) in [6.07, 6.45) is 0. The number of nitrogens with zero attached hydrogens (tertiary/aromatic N) is 2. The van der Waals surface area contributed by atoms with Gasteiger partial charge in [0.1, 0.15) is 12.1 Å². The van der Waals surface area contributed by atoms with E-state index in [4.69, 9.17) is 0 Å². The average molecular weight is 469 g/mol. The van der Waals surface area contributed by atoms with Crippen LogP contribution in [-0.4, -0.2) is 0 Å². The Kier molecular flexibility index (Phi) is 6.10. The monoisotopic (exact) mass is 468 g/mol. The summed E-state index contributed by atoms with van der Waals surface area (Å²) in [5, 5.41) is 20.0. The molecule has 0 radical (unpaired) electrons. The van der Waals surface area contributed by atoms with Gasteiger partial charge in [0, 0.05) is 5.56 Å². The first-order chi connectivity index (χ1) is 17.6. The second-order valence-corrected chi connectivity index (χ2v) is 8.25. The van der Waals surface area contributed by atoms with Crippen LogP contribution < -0.4 is 0 Å². The molecule has 0 unspecified atom stereocenters. The molecule has 0 N–H and O–H groups in total. The van der Waals surface area contributed by atoms with Crippen LogP contribution in [-0.2, 0) is 0 Å². The third-order valence-corrected chi connectivity index (χ3v) is 6.10. The molecular weight excluding hydrogens is 450 g/mol. The first kappa shape index (κ1) is 22.7. The molecule has 0 spiro atoms. The molecule has 0 heterocycles. The zero-order valence-corrected chi connectivity index (χ0v) is 19.0. The van der Waals surface area contributed by atoms with Gasteiger partial charge in [-0.05, 0) is 51.6 Å². The van der Waals surface area contributed by atoms with E-state index in [0.717, 1.165) is 22.3 Å². The first-order valence-corrected chi connectivity index (χ1v) is 11.3. The molecule has 5 aromatic rings. The van der Waals surface area contributed by atoms with Crippen LogP contribution in [0.4, 0.5) is 8.78 Å². The van der Waals surface area contributed by atoms with E-state index in [1.807, 2.05) is 78.9 Å². The van der Waals surface area contributed by atoms with E-state index in [1.165, 1.54) is 0 Å². The number of hydrogen-bond donors (Lipinski definition) is 0. The molecule has 0 atom stereocenters. The summed E-state index contributed by atoms with van der Waals surface area (Å²) in [4.78, 5) is 0. The molecule has 5 aromatic carbocycles. The maximum absolute atomic E-state index is 15.8. The van der Waals surface area contributed by atoms with E-state index in [2.05, 4.69) is 0 Å². The summed E-state index contributed by atoms with van der Waals surface area (Å²) in [6.45, 7) is 0. The minimum Gasteiger partial charge on any atom is -0.205 e. The minimum atomic E-state index is -0.985. The lowest BCUT2D eigenvalue weighted by Crippen LogP contribution is -2.03. The van der Waals surface area contributed by atoms with Crippen LogP contribution in [0.3, 0.4) is 0 Å². The molecular formula is C32H18F2N2. The molecule has 0 aliphatic heterocycles. The molecule has 0 aliphatic carbocycles. The smallest absolute Gasteiger partial charge is 0.152 e. The second kappa shape index (κ2) is 9.66. The predicted octanol–water partition coefficient (Wildman–Crippen LogP) is 8.38. The summed E-state index contributed by atoms with van der Waals surface area (Å²) in [7, 11) is 0. The van der Waals surface area contributed by atoms with Crippen molar-refractivity contribution in [3.05, 3.63) is 132 Å². The highest BCUT2D eigenvalue weighted by Gasteiger charge is 2.27. The van der Waals surface area contributed by atoms with E-state index >= 15 is 8.78 Å².